The lowest BCUT2D eigenvalue weighted by Crippen LogP contribution is -2.25. The number of nitrogens with one attached hydrogen (secondary N) is 1. The van der Waals surface area contributed by atoms with E-state index in [-0.39, 0.29) is 5.91 Å². The maximum Gasteiger partial charge on any atom is 0.266 e. The molecule has 0 saturated heterocycles. The molecule has 3 aromatic rings. The maximum atomic E-state index is 12.0. The van der Waals surface area contributed by atoms with Gasteiger partial charge in [0, 0.05) is 29.2 Å². The lowest BCUT2D eigenvalue weighted by molar-refractivity contribution is 0.0953. The van der Waals surface area contributed by atoms with Gasteiger partial charge in [0.2, 0.25) is 5.89 Å². The number of halogens is 1. The van der Waals surface area contributed by atoms with Crippen LogP contribution in [0.5, 0.6) is 0 Å². The van der Waals surface area contributed by atoms with Crippen molar-refractivity contribution < 1.29 is 9.21 Å². The Morgan fingerprint density at radius 1 is 1.13 bits per heavy atom. The number of carbonyl (C=O) groups excluding carboxylic acids is 1. The second-order valence-corrected chi connectivity index (χ2v) is 5.64. The van der Waals surface area contributed by atoms with Crippen LogP contribution in [0.4, 0.5) is 0 Å². The predicted octanol–water partition coefficient (Wildman–Crippen LogP) is 2.87. The van der Waals surface area contributed by atoms with Crippen LogP contribution in [-0.2, 0) is 6.42 Å². The van der Waals surface area contributed by atoms with Crippen molar-refractivity contribution in [2.24, 2.45) is 0 Å². The molecule has 0 saturated carbocycles. The minimum atomic E-state index is -0.137. The van der Waals surface area contributed by atoms with Gasteiger partial charge < -0.3 is 9.73 Å². The van der Waals surface area contributed by atoms with E-state index < -0.39 is 0 Å². The molecular formula is C16H13BrN4O2. The molecule has 0 spiro atoms. The minimum Gasteiger partial charge on any atom is -0.419 e. The summed E-state index contributed by atoms with van der Waals surface area (Å²) in [5.74, 6) is 0.698. The Kier molecular flexibility index (Phi) is 4.77. The zero-order valence-electron chi connectivity index (χ0n) is 12.1. The van der Waals surface area contributed by atoms with Gasteiger partial charge in [0.15, 0.2) is 0 Å². The highest BCUT2D eigenvalue weighted by Gasteiger charge is 2.10. The lowest BCUT2D eigenvalue weighted by Gasteiger charge is -2.03. The molecular weight excluding hydrogens is 360 g/mol. The van der Waals surface area contributed by atoms with Gasteiger partial charge in [-0.05, 0) is 36.4 Å². The van der Waals surface area contributed by atoms with Crippen LogP contribution in [0.15, 0.2) is 57.6 Å². The fraction of sp³-hybridized carbons (Fsp3) is 0.125. The van der Waals surface area contributed by atoms with E-state index in [2.05, 4.69) is 36.4 Å². The highest BCUT2D eigenvalue weighted by molar-refractivity contribution is 9.10. The molecule has 1 N–H and O–H groups in total. The quantitative estimate of drug-likeness (QED) is 0.744. The Bertz CT molecular complexity index is 787. The normalized spacial score (nSPS) is 10.5. The Balaban J connectivity index is 1.54. The van der Waals surface area contributed by atoms with Gasteiger partial charge in [-0.25, -0.2) is 0 Å². The van der Waals surface area contributed by atoms with Crippen LogP contribution in [0.3, 0.4) is 0 Å². The van der Waals surface area contributed by atoms with Crippen LogP contribution in [0, 0.1) is 0 Å². The van der Waals surface area contributed by atoms with Gasteiger partial charge in [-0.1, -0.05) is 22.0 Å². The van der Waals surface area contributed by atoms with E-state index in [1.165, 1.54) is 0 Å². The summed E-state index contributed by atoms with van der Waals surface area (Å²) < 4.78 is 6.46. The van der Waals surface area contributed by atoms with Crippen LogP contribution in [0.2, 0.25) is 0 Å². The second-order valence-electron chi connectivity index (χ2n) is 4.73. The molecule has 0 bridgehead atoms. The third-order valence-corrected chi connectivity index (χ3v) is 3.61. The summed E-state index contributed by atoms with van der Waals surface area (Å²) in [6.45, 7) is 0.415. The molecule has 0 unspecified atom stereocenters. The van der Waals surface area contributed by atoms with Crippen LogP contribution in [-0.4, -0.2) is 27.6 Å². The fourth-order valence-electron chi connectivity index (χ4n) is 1.93. The van der Waals surface area contributed by atoms with E-state index in [0.717, 1.165) is 4.47 Å². The molecule has 0 aliphatic carbocycles. The molecule has 0 aliphatic heterocycles. The van der Waals surface area contributed by atoms with Gasteiger partial charge in [-0.15, -0.1) is 10.2 Å². The predicted molar refractivity (Wildman–Crippen MR) is 87.7 cm³/mol. The van der Waals surface area contributed by atoms with E-state index in [1.807, 2.05) is 24.3 Å². The summed E-state index contributed by atoms with van der Waals surface area (Å²) in [5.41, 5.74) is 1.23. The molecule has 2 heterocycles. The molecule has 6 nitrogen and oxygen atoms in total. The number of hydrogen-bond donors (Lipinski definition) is 1. The van der Waals surface area contributed by atoms with E-state index in [4.69, 9.17) is 4.42 Å². The van der Waals surface area contributed by atoms with Crippen molar-refractivity contribution in [3.05, 3.63) is 64.6 Å². The molecule has 2 aromatic heterocycles. The highest BCUT2D eigenvalue weighted by atomic mass is 79.9. The van der Waals surface area contributed by atoms with Crippen molar-refractivity contribution in [1.82, 2.24) is 20.5 Å². The number of hydrogen-bond acceptors (Lipinski definition) is 5. The Labute approximate surface area is 141 Å². The number of carbonyl (C=O) groups is 1. The average Bonchev–Trinajstić information content (AvgIpc) is 3.05. The van der Waals surface area contributed by atoms with Crippen molar-refractivity contribution >= 4 is 21.8 Å². The summed E-state index contributed by atoms with van der Waals surface area (Å²) in [6, 6.07) is 12.6. The Morgan fingerprint density at radius 2 is 1.96 bits per heavy atom. The van der Waals surface area contributed by atoms with Crippen LogP contribution in [0.25, 0.3) is 11.6 Å². The number of pyridine rings is 1. The standard InChI is InChI=1S/C16H13BrN4O2/c17-12-6-4-11(5-7-12)15(22)19-10-8-14-20-21-16(23-14)13-3-1-2-9-18-13/h1-7,9H,8,10H2,(H,19,22). The van der Waals surface area contributed by atoms with Crippen LogP contribution in [0.1, 0.15) is 16.2 Å². The monoisotopic (exact) mass is 372 g/mol. The maximum absolute atomic E-state index is 12.0. The first-order valence-electron chi connectivity index (χ1n) is 7.00. The molecule has 1 amide bonds. The van der Waals surface area contributed by atoms with E-state index in [9.17, 15) is 4.79 Å². The summed E-state index contributed by atoms with van der Waals surface area (Å²) >= 11 is 3.33. The highest BCUT2D eigenvalue weighted by Crippen LogP contribution is 2.14. The van der Waals surface area contributed by atoms with E-state index in [1.54, 1.807) is 24.4 Å². The van der Waals surface area contributed by atoms with Gasteiger partial charge in [-0.3, -0.25) is 9.78 Å². The molecule has 1 aromatic carbocycles. The summed E-state index contributed by atoms with van der Waals surface area (Å²) in [4.78, 5) is 16.1. The molecule has 0 atom stereocenters. The van der Waals surface area contributed by atoms with E-state index in [0.29, 0.717) is 36.0 Å². The lowest BCUT2D eigenvalue weighted by atomic mass is 10.2. The number of amides is 1. The van der Waals surface area contributed by atoms with Gasteiger partial charge >= 0.3 is 0 Å². The zero-order chi connectivity index (χ0) is 16.1. The number of nitrogens with zero attached hydrogens (tertiary/aromatic N) is 3. The van der Waals surface area contributed by atoms with Crippen molar-refractivity contribution in [2.75, 3.05) is 6.54 Å². The Hall–Kier alpha value is -2.54. The minimum absolute atomic E-state index is 0.137. The van der Waals surface area contributed by atoms with E-state index >= 15 is 0 Å². The molecule has 116 valence electrons. The first-order chi connectivity index (χ1) is 11.2. The smallest absolute Gasteiger partial charge is 0.266 e. The third kappa shape index (κ3) is 4.01. The van der Waals surface area contributed by atoms with Gasteiger partial charge in [0.25, 0.3) is 11.8 Å². The van der Waals surface area contributed by atoms with Gasteiger partial charge in [0.05, 0.1) is 0 Å². The van der Waals surface area contributed by atoms with Gasteiger partial charge in [0.1, 0.15) is 5.69 Å². The van der Waals surface area contributed by atoms with Crippen molar-refractivity contribution in [3.63, 3.8) is 0 Å². The largest absolute Gasteiger partial charge is 0.419 e. The molecule has 3 rings (SSSR count). The van der Waals surface area contributed by atoms with Crippen molar-refractivity contribution in [1.29, 1.82) is 0 Å². The molecule has 23 heavy (non-hydrogen) atoms. The van der Waals surface area contributed by atoms with Crippen molar-refractivity contribution in [3.8, 4) is 11.6 Å². The topological polar surface area (TPSA) is 80.9 Å². The number of rotatable bonds is 5. The molecule has 0 aliphatic rings. The summed E-state index contributed by atoms with van der Waals surface area (Å²) in [5, 5.41) is 10.7. The summed E-state index contributed by atoms with van der Waals surface area (Å²) in [6.07, 6.45) is 2.12. The molecule has 7 heteroatoms. The zero-order valence-corrected chi connectivity index (χ0v) is 13.7. The van der Waals surface area contributed by atoms with Gasteiger partial charge in [-0.2, -0.15) is 0 Å². The molecule has 0 fully saturated rings. The third-order valence-electron chi connectivity index (χ3n) is 3.08. The van der Waals surface area contributed by atoms with Crippen molar-refractivity contribution in [2.45, 2.75) is 6.42 Å². The number of benzene rings is 1. The number of aromatic nitrogens is 3. The average molecular weight is 373 g/mol. The fourth-order valence-corrected chi connectivity index (χ4v) is 2.20. The second kappa shape index (κ2) is 7.15. The molecule has 0 radical (unpaired) electrons. The SMILES string of the molecule is O=C(NCCc1nnc(-c2ccccn2)o1)c1ccc(Br)cc1. The first-order valence-corrected chi connectivity index (χ1v) is 7.79. The van der Waals surface area contributed by atoms with Crippen LogP contribution < -0.4 is 5.32 Å². The summed E-state index contributed by atoms with van der Waals surface area (Å²) in [7, 11) is 0. The van der Waals surface area contributed by atoms with Crippen LogP contribution >= 0.6 is 15.9 Å². The first kappa shape index (κ1) is 15.4. The Morgan fingerprint density at radius 3 is 2.70 bits per heavy atom.